The summed E-state index contributed by atoms with van der Waals surface area (Å²) in [6, 6.07) is 10.7. The first-order chi connectivity index (χ1) is 13.7. The van der Waals surface area contributed by atoms with Gasteiger partial charge >= 0.3 is 0 Å². The Morgan fingerprint density at radius 1 is 1.07 bits per heavy atom. The highest BCUT2D eigenvalue weighted by molar-refractivity contribution is 6.30. The van der Waals surface area contributed by atoms with Crippen molar-refractivity contribution in [1.82, 2.24) is 15.0 Å². The molecular weight excluding hydrogens is 374 g/mol. The quantitative estimate of drug-likeness (QED) is 0.664. The van der Waals surface area contributed by atoms with E-state index in [1.54, 1.807) is 30.6 Å². The van der Waals surface area contributed by atoms with Gasteiger partial charge in [-0.15, -0.1) is 0 Å². The number of hydrogen-bond donors (Lipinski definition) is 1. The lowest BCUT2D eigenvalue weighted by Gasteiger charge is -2.15. The predicted molar refractivity (Wildman–Crippen MR) is 111 cm³/mol. The number of aromatic amines is 1. The van der Waals surface area contributed by atoms with E-state index in [4.69, 9.17) is 16.3 Å². The first-order valence-corrected chi connectivity index (χ1v) is 9.71. The molecule has 1 aliphatic rings. The third-order valence-electron chi connectivity index (χ3n) is 4.72. The van der Waals surface area contributed by atoms with Crippen molar-refractivity contribution in [3.05, 3.63) is 75.4 Å². The average Bonchev–Trinajstić information content (AvgIpc) is 3.21. The minimum absolute atomic E-state index is 0.213. The number of nitrogens with one attached hydrogen (secondary N) is 1. The van der Waals surface area contributed by atoms with Crippen LogP contribution < -0.4 is 10.3 Å². The fourth-order valence-electron chi connectivity index (χ4n) is 3.33. The molecule has 0 bridgehead atoms. The van der Waals surface area contributed by atoms with Crippen molar-refractivity contribution in [3.63, 3.8) is 0 Å². The SMILES string of the molecule is O=c1cc(C=Cc2cc(Cl)ccc2OC2CCCC2)nc(-c2ccncc2)[nH]1. The predicted octanol–water partition coefficient (Wildman–Crippen LogP) is 4.98. The second-order valence-electron chi connectivity index (χ2n) is 6.79. The zero-order valence-corrected chi connectivity index (χ0v) is 16.0. The number of benzene rings is 1. The van der Waals surface area contributed by atoms with Crippen LogP contribution in [0.15, 0.2) is 53.6 Å². The van der Waals surface area contributed by atoms with Crippen LogP contribution in [-0.2, 0) is 0 Å². The molecule has 0 unspecified atom stereocenters. The van der Waals surface area contributed by atoms with Crippen LogP contribution in [-0.4, -0.2) is 21.1 Å². The van der Waals surface area contributed by atoms with E-state index in [0.29, 0.717) is 16.5 Å². The van der Waals surface area contributed by atoms with Crippen molar-refractivity contribution >= 4 is 23.8 Å². The molecule has 0 amide bonds. The van der Waals surface area contributed by atoms with E-state index in [1.165, 1.54) is 18.9 Å². The van der Waals surface area contributed by atoms with Crippen molar-refractivity contribution in [3.8, 4) is 17.1 Å². The lowest BCUT2D eigenvalue weighted by atomic mass is 10.1. The van der Waals surface area contributed by atoms with Crippen molar-refractivity contribution in [1.29, 1.82) is 0 Å². The van der Waals surface area contributed by atoms with E-state index >= 15 is 0 Å². The van der Waals surface area contributed by atoms with Crippen LogP contribution in [0.3, 0.4) is 0 Å². The van der Waals surface area contributed by atoms with Gasteiger partial charge in [-0.05, 0) is 68.2 Å². The topological polar surface area (TPSA) is 67.9 Å². The number of nitrogens with zero attached hydrogens (tertiary/aromatic N) is 2. The summed E-state index contributed by atoms with van der Waals surface area (Å²) >= 11 is 6.18. The fourth-order valence-corrected chi connectivity index (χ4v) is 3.51. The molecule has 0 spiro atoms. The molecule has 4 rings (SSSR count). The second kappa shape index (κ2) is 8.40. The average molecular weight is 394 g/mol. The van der Waals surface area contributed by atoms with Crippen molar-refractivity contribution in [2.24, 2.45) is 0 Å². The van der Waals surface area contributed by atoms with Crippen molar-refractivity contribution in [2.45, 2.75) is 31.8 Å². The molecule has 2 heterocycles. The summed E-state index contributed by atoms with van der Waals surface area (Å²) in [5, 5.41) is 0.634. The maximum atomic E-state index is 12.1. The van der Waals surface area contributed by atoms with Crippen molar-refractivity contribution in [2.75, 3.05) is 0 Å². The third kappa shape index (κ3) is 4.49. The third-order valence-corrected chi connectivity index (χ3v) is 4.95. The Bertz CT molecular complexity index is 1040. The standard InChI is InChI=1S/C22H20ClN3O2/c23-17-6-8-20(28-19-3-1-2-4-19)16(13-17)5-7-18-14-21(27)26-22(25-18)15-9-11-24-12-10-15/h5-14,19H,1-4H2,(H,25,26,27). The number of rotatable bonds is 5. The molecule has 1 N–H and O–H groups in total. The molecule has 0 saturated heterocycles. The second-order valence-corrected chi connectivity index (χ2v) is 7.23. The number of halogens is 1. The summed E-state index contributed by atoms with van der Waals surface area (Å²) in [6.07, 6.45) is 11.8. The fraction of sp³-hybridized carbons (Fsp3) is 0.227. The van der Waals surface area contributed by atoms with Crippen LogP contribution in [0.5, 0.6) is 5.75 Å². The summed E-state index contributed by atoms with van der Waals surface area (Å²) in [5.41, 5.74) is 2.01. The molecule has 5 nitrogen and oxygen atoms in total. The van der Waals surface area contributed by atoms with Gasteiger partial charge in [-0.3, -0.25) is 9.78 Å². The molecule has 0 aliphatic heterocycles. The highest BCUT2D eigenvalue weighted by Crippen LogP contribution is 2.29. The number of aromatic nitrogens is 3. The monoisotopic (exact) mass is 393 g/mol. The van der Waals surface area contributed by atoms with Gasteiger partial charge in [0.05, 0.1) is 11.8 Å². The molecular formula is C22H20ClN3O2. The highest BCUT2D eigenvalue weighted by atomic mass is 35.5. The zero-order valence-electron chi connectivity index (χ0n) is 15.3. The lowest BCUT2D eigenvalue weighted by Crippen LogP contribution is -2.11. The van der Waals surface area contributed by atoms with Crippen LogP contribution in [0.4, 0.5) is 0 Å². The van der Waals surface area contributed by atoms with Crippen LogP contribution in [0.2, 0.25) is 5.02 Å². The molecule has 1 aromatic carbocycles. The number of H-pyrrole nitrogens is 1. The Labute approximate surface area is 168 Å². The van der Waals surface area contributed by atoms with E-state index in [2.05, 4.69) is 15.0 Å². The number of hydrogen-bond acceptors (Lipinski definition) is 4. The first-order valence-electron chi connectivity index (χ1n) is 9.33. The van der Waals surface area contributed by atoms with E-state index in [-0.39, 0.29) is 11.7 Å². The van der Waals surface area contributed by atoms with E-state index in [9.17, 15) is 4.79 Å². The Morgan fingerprint density at radius 3 is 2.64 bits per heavy atom. The number of pyridine rings is 1. The maximum Gasteiger partial charge on any atom is 0.251 e. The van der Waals surface area contributed by atoms with Gasteiger partial charge in [0.1, 0.15) is 11.6 Å². The molecule has 1 fully saturated rings. The summed E-state index contributed by atoms with van der Waals surface area (Å²) in [5.74, 6) is 1.30. The molecule has 1 saturated carbocycles. The van der Waals surface area contributed by atoms with Gasteiger partial charge in [-0.25, -0.2) is 4.98 Å². The van der Waals surface area contributed by atoms with Gasteiger partial charge < -0.3 is 9.72 Å². The summed E-state index contributed by atoms with van der Waals surface area (Å²) in [7, 11) is 0. The minimum atomic E-state index is -0.213. The highest BCUT2D eigenvalue weighted by Gasteiger charge is 2.17. The molecule has 0 radical (unpaired) electrons. The van der Waals surface area contributed by atoms with Gasteiger partial charge in [0.25, 0.3) is 5.56 Å². The lowest BCUT2D eigenvalue weighted by molar-refractivity contribution is 0.209. The summed E-state index contributed by atoms with van der Waals surface area (Å²) in [4.78, 5) is 23.3. The molecule has 28 heavy (non-hydrogen) atoms. The first kappa shape index (κ1) is 18.4. The Hall–Kier alpha value is -2.92. The normalized spacial score (nSPS) is 14.6. The minimum Gasteiger partial charge on any atom is -0.490 e. The molecule has 6 heteroatoms. The largest absolute Gasteiger partial charge is 0.490 e. The van der Waals surface area contributed by atoms with Gasteiger partial charge in [0.15, 0.2) is 0 Å². The molecule has 0 atom stereocenters. The maximum absolute atomic E-state index is 12.1. The van der Waals surface area contributed by atoms with Crippen LogP contribution in [0.1, 0.15) is 36.9 Å². The van der Waals surface area contributed by atoms with E-state index in [1.807, 2.05) is 24.3 Å². The van der Waals surface area contributed by atoms with E-state index < -0.39 is 0 Å². The van der Waals surface area contributed by atoms with E-state index in [0.717, 1.165) is 29.7 Å². The molecule has 3 aromatic rings. The molecule has 142 valence electrons. The number of ether oxygens (including phenoxy) is 1. The van der Waals surface area contributed by atoms with Crippen LogP contribution >= 0.6 is 11.6 Å². The van der Waals surface area contributed by atoms with Gasteiger partial charge in [-0.2, -0.15) is 0 Å². The Kier molecular flexibility index (Phi) is 5.53. The van der Waals surface area contributed by atoms with Crippen LogP contribution in [0, 0.1) is 0 Å². The Balaban J connectivity index is 1.63. The van der Waals surface area contributed by atoms with Gasteiger partial charge in [0.2, 0.25) is 0 Å². The Morgan fingerprint density at radius 2 is 1.86 bits per heavy atom. The smallest absolute Gasteiger partial charge is 0.251 e. The van der Waals surface area contributed by atoms with Gasteiger partial charge in [-0.1, -0.05) is 11.6 Å². The van der Waals surface area contributed by atoms with Crippen LogP contribution in [0.25, 0.3) is 23.5 Å². The van der Waals surface area contributed by atoms with Gasteiger partial charge in [0, 0.05) is 34.6 Å². The zero-order chi connectivity index (χ0) is 19.3. The molecule has 1 aliphatic carbocycles. The van der Waals surface area contributed by atoms with Crippen molar-refractivity contribution < 1.29 is 4.74 Å². The summed E-state index contributed by atoms with van der Waals surface area (Å²) < 4.78 is 6.16. The molecule has 2 aromatic heterocycles. The summed E-state index contributed by atoms with van der Waals surface area (Å²) in [6.45, 7) is 0.